The van der Waals surface area contributed by atoms with Gasteiger partial charge in [-0.15, -0.1) is 0 Å². The second-order valence-corrected chi connectivity index (χ2v) is 9.25. The zero-order valence-corrected chi connectivity index (χ0v) is 17.6. The molecule has 0 saturated heterocycles. The van der Waals surface area contributed by atoms with Gasteiger partial charge >= 0.3 is 0 Å². The van der Waals surface area contributed by atoms with E-state index >= 15 is 0 Å². The van der Waals surface area contributed by atoms with Gasteiger partial charge in [-0.25, -0.2) is 21.9 Å². The molecule has 162 valence electrons. The van der Waals surface area contributed by atoms with Crippen molar-refractivity contribution in [3.05, 3.63) is 59.7 Å². The van der Waals surface area contributed by atoms with Crippen LogP contribution in [0.2, 0.25) is 0 Å². The molecule has 0 spiro atoms. The van der Waals surface area contributed by atoms with Crippen molar-refractivity contribution >= 4 is 27.5 Å². The number of sulfonamides is 1. The zero-order chi connectivity index (χ0) is 22.5. The van der Waals surface area contributed by atoms with Crippen molar-refractivity contribution in [2.45, 2.75) is 25.7 Å². The van der Waals surface area contributed by atoms with E-state index in [-0.39, 0.29) is 19.0 Å². The molecule has 0 fully saturated rings. The molecule has 3 N–H and O–H groups in total. The summed E-state index contributed by atoms with van der Waals surface area (Å²) < 4.78 is 52.8. The minimum absolute atomic E-state index is 0.0522. The second-order valence-electron chi connectivity index (χ2n) is 7.51. The van der Waals surface area contributed by atoms with Gasteiger partial charge in [-0.1, -0.05) is 20.8 Å². The summed E-state index contributed by atoms with van der Waals surface area (Å²) in [5, 5.41) is 5.26. The minimum atomic E-state index is -4.18. The first-order chi connectivity index (χ1) is 13.9. The van der Waals surface area contributed by atoms with Gasteiger partial charge in [0.1, 0.15) is 16.5 Å². The predicted molar refractivity (Wildman–Crippen MR) is 108 cm³/mol. The van der Waals surface area contributed by atoms with Crippen LogP contribution in [0.1, 0.15) is 31.1 Å². The van der Waals surface area contributed by atoms with Crippen LogP contribution < -0.4 is 15.4 Å². The SMILES string of the molecule is CC(C)(C)C(=O)Nc1ccc(C(=O)NCCNS(=O)(=O)c2ccc(F)cc2F)cc1. The smallest absolute Gasteiger partial charge is 0.251 e. The summed E-state index contributed by atoms with van der Waals surface area (Å²) in [6, 6.07) is 8.34. The Bertz CT molecular complexity index is 1030. The second kappa shape index (κ2) is 9.31. The first kappa shape index (κ1) is 23.4. The van der Waals surface area contributed by atoms with Crippen molar-refractivity contribution in [3.63, 3.8) is 0 Å². The molecule has 2 aromatic carbocycles. The predicted octanol–water partition coefficient (Wildman–Crippen LogP) is 2.66. The number of hydrogen-bond donors (Lipinski definition) is 3. The Kier molecular flexibility index (Phi) is 7.27. The van der Waals surface area contributed by atoms with Crippen LogP contribution in [0.3, 0.4) is 0 Å². The number of hydrogen-bond acceptors (Lipinski definition) is 4. The van der Waals surface area contributed by atoms with Gasteiger partial charge in [-0.2, -0.15) is 0 Å². The number of benzene rings is 2. The summed E-state index contributed by atoms with van der Waals surface area (Å²) >= 11 is 0. The van der Waals surface area contributed by atoms with Crippen molar-refractivity contribution in [1.29, 1.82) is 0 Å². The lowest BCUT2D eigenvalue weighted by Gasteiger charge is -2.17. The molecular weight excluding hydrogens is 416 g/mol. The van der Waals surface area contributed by atoms with Crippen LogP contribution >= 0.6 is 0 Å². The van der Waals surface area contributed by atoms with Gasteiger partial charge in [-0.05, 0) is 36.4 Å². The number of anilines is 1. The third kappa shape index (κ3) is 6.33. The molecular formula is C20H23F2N3O4S. The topological polar surface area (TPSA) is 104 Å². The first-order valence-corrected chi connectivity index (χ1v) is 10.5. The van der Waals surface area contributed by atoms with Crippen LogP contribution in [0, 0.1) is 17.0 Å². The molecule has 2 aromatic rings. The first-order valence-electron chi connectivity index (χ1n) is 9.04. The van der Waals surface area contributed by atoms with Gasteiger partial charge in [0.05, 0.1) is 0 Å². The summed E-state index contributed by atoms with van der Waals surface area (Å²) in [6.45, 7) is 5.10. The Hall–Kier alpha value is -2.85. The van der Waals surface area contributed by atoms with E-state index < -0.39 is 37.9 Å². The third-order valence-corrected chi connectivity index (χ3v) is 5.47. The molecule has 0 atom stereocenters. The summed E-state index contributed by atoms with van der Waals surface area (Å²) in [4.78, 5) is 23.4. The van der Waals surface area contributed by atoms with Crippen molar-refractivity contribution < 1.29 is 26.8 Å². The lowest BCUT2D eigenvalue weighted by atomic mass is 9.95. The van der Waals surface area contributed by atoms with Crippen molar-refractivity contribution in [1.82, 2.24) is 10.0 Å². The van der Waals surface area contributed by atoms with Crippen molar-refractivity contribution in [2.75, 3.05) is 18.4 Å². The molecule has 0 aliphatic rings. The number of nitrogens with one attached hydrogen (secondary N) is 3. The van der Waals surface area contributed by atoms with Crippen molar-refractivity contribution in [2.24, 2.45) is 5.41 Å². The molecule has 7 nitrogen and oxygen atoms in total. The molecule has 10 heteroatoms. The fourth-order valence-electron chi connectivity index (χ4n) is 2.26. The third-order valence-electron chi connectivity index (χ3n) is 3.97. The number of halogens is 2. The number of amides is 2. The van der Waals surface area contributed by atoms with Crippen LogP contribution in [0.4, 0.5) is 14.5 Å². The number of rotatable bonds is 7. The molecule has 2 amide bonds. The van der Waals surface area contributed by atoms with Gasteiger partial charge in [0, 0.05) is 35.8 Å². The average molecular weight is 439 g/mol. The highest BCUT2D eigenvalue weighted by Crippen LogP contribution is 2.18. The maximum atomic E-state index is 13.6. The van der Waals surface area contributed by atoms with E-state index in [1.807, 2.05) is 0 Å². The highest BCUT2D eigenvalue weighted by Gasteiger charge is 2.21. The Morgan fingerprint density at radius 1 is 0.967 bits per heavy atom. The zero-order valence-electron chi connectivity index (χ0n) is 16.8. The number of carbonyl (C=O) groups excluding carboxylic acids is 2. The van der Waals surface area contributed by atoms with Gasteiger partial charge < -0.3 is 10.6 Å². The van der Waals surface area contributed by atoms with E-state index in [4.69, 9.17) is 0 Å². The average Bonchev–Trinajstić information content (AvgIpc) is 2.64. The Morgan fingerprint density at radius 3 is 2.17 bits per heavy atom. The molecule has 0 aliphatic carbocycles. The molecule has 0 aromatic heterocycles. The quantitative estimate of drug-likeness (QED) is 0.577. The van der Waals surface area contributed by atoms with Crippen LogP contribution in [0.15, 0.2) is 47.4 Å². The molecule has 0 saturated carbocycles. The normalized spacial score (nSPS) is 11.8. The molecule has 2 rings (SSSR count). The van der Waals surface area contributed by atoms with Gasteiger partial charge in [0.25, 0.3) is 5.91 Å². The summed E-state index contributed by atoms with van der Waals surface area (Å²) in [7, 11) is -4.18. The lowest BCUT2D eigenvalue weighted by Crippen LogP contribution is -2.35. The van der Waals surface area contributed by atoms with Crippen molar-refractivity contribution in [3.8, 4) is 0 Å². The van der Waals surface area contributed by atoms with E-state index in [0.717, 1.165) is 12.1 Å². The standard InChI is InChI=1S/C20H23F2N3O4S/c1-20(2,3)19(27)25-15-7-4-13(5-8-15)18(26)23-10-11-24-30(28,29)17-9-6-14(21)12-16(17)22/h4-9,12,24H,10-11H2,1-3H3,(H,23,26)(H,25,27). The maximum Gasteiger partial charge on any atom is 0.251 e. The van der Waals surface area contributed by atoms with Gasteiger partial charge in [0.15, 0.2) is 0 Å². The molecule has 0 unspecified atom stereocenters. The molecule has 30 heavy (non-hydrogen) atoms. The van der Waals surface area contributed by atoms with E-state index in [2.05, 4.69) is 15.4 Å². The van der Waals surface area contributed by atoms with E-state index in [0.29, 0.717) is 17.3 Å². The molecule has 0 bridgehead atoms. The number of carbonyl (C=O) groups is 2. The molecule has 0 radical (unpaired) electrons. The molecule has 0 heterocycles. The monoisotopic (exact) mass is 439 g/mol. The fraction of sp³-hybridized carbons (Fsp3) is 0.300. The largest absolute Gasteiger partial charge is 0.351 e. The van der Waals surface area contributed by atoms with Crippen LogP contribution in [0.5, 0.6) is 0 Å². The maximum absolute atomic E-state index is 13.6. The highest BCUT2D eigenvalue weighted by molar-refractivity contribution is 7.89. The highest BCUT2D eigenvalue weighted by atomic mass is 32.2. The summed E-state index contributed by atoms with van der Waals surface area (Å²) in [6.07, 6.45) is 0. The minimum Gasteiger partial charge on any atom is -0.351 e. The lowest BCUT2D eigenvalue weighted by molar-refractivity contribution is -0.123. The van der Waals surface area contributed by atoms with Gasteiger partial charge in [-0.3, -0.25) is 9.59 Å². The molecule has 0 aliphatic heterocycles. The van der Waals surface area contributed by atoms with E-state index in [1.54, 1.807) is 32.9 Å². The van der Waals surface area contributed by atoms with Gasteiger partial charge in [0.2, 0.25) is 15.9 Å². The van der Waals surface area contributed by atoms with E-state index in [1.165, 1.54) is 12.1 Å². The van der Waals surface area contributed by atoms with Crippen LogP contribution in [-0.2, 0) is 14.8 Å². The Balaban J connectivity index is 1.86. The summed E-state index contributed by atoms with van der Waals surface area (Å²) in [5.74, 6) is -2.70. The van der Waals surface area contributed by atoms with E-state index in [9.17, 15) is 26.8 Å². The van der Waals surface area contributed by atoms with Crippen LogP contribution in [-0.4, -0.2) is 33.3 Å². The Labute approximate surface area is 173 Å². The fourth-order valence-corrected chi connectivity index (χ4v) is 3.35. The van der Waals surface area contributed by atoms with Crippen LogP contribution in [0.25, 0.3) is 0 Å². The summed E-state index contributed by atoms with van der Waals surface area (Å²) in [5.41, 5.74) is 0.303. The Morgan fingerprint density at radius 2 is 1.60 bits per heavy atom.